The van der Waals surface area contributed by atoms with Crippen LogP contribution in [0.3, 0.4) is 0 Å². The number of carbonyl (C=O) groups is 2. The normalized spacial score (nSPS) is 11.8. The summed E-state index contributed by atoms with van der Waals surface area (Å²) in [6.45, 7) is 2.56. The second kappa shape index (κ2) is 8.01. The number of amides is 2. The first-order valence-corrected chi connectivity index (χ1v) is 7.78. The zero-order valence-electron chi connectivity index (χ0n) is 11.3. The Bertz CT molecular complexity index is 497. The zero-order chi connectivity index (χ0) is 15.1. The first kappa shape index (κ1) is 16.7. The van der Waals surface area contributed by atoms with Crippen LogP contribution in [0.25, 0.3) is 0 Å². The maximum absolute atomic E-state index is 11.7. The third kappa shape index (κ3) is 5.30. The van der Waals surface area contributed by atoms with Crippen LogP contribution in [-0.4, -0.2) is 35.7 Å². The predicted octanol–water partition coefficient (Wildman–Crippen LogP) is 3.16. The molecule has 7 heteroatoms. The summed E-state index contributed by atoms with van der Waals surface area (Å²) >= 11 is 7.45. The molecular formula is C13H17ClN2O3S. The molecule has 5 nitrogen and oxygen atoms in total. The van der Waals surface area contributed by atoms with Crippen LogP contribution in [0.1, 0.15) is 17.3 Å². The van der Waals surface area contributed by atoms with Crippen LogP contribution in [0.2, 0.25) is 5.02 Å². The molecule has 0 heterocycles. The topological polar surface area (TPSA) is 78.4 Å². The smallest absolute Gasteiger partial charge is 0.337 e. The van der Waals surface area contributed by atoms with E-state index in [0.29, 0.717) is 17.5 Å². The summed E-state index contributed by atoms with van der Waals surface area (Å²) in [4.78, 5) is 22.8. The molecule has 0 aliphatic heterocycles. The molecule has 1 aromatic carbocycles. The number of carbonyl (C=O) groups excluding carboxylic acids is 1. The summed E-state index contributed by atoms with van der Waals surface area (Å²) in [5.74, 6) is 0.153. The summed E-state index contributed by atoms with van der Waals surface area (Å²) in [5.41, 5.74) is 0.182. The van der Waals surface area contributed by atoms with Gasteiger partial charge in [0.15, 0.2) is 0 Å². The number of hydrogen-bond donors (Lipinski definition) is 3. The summed E-state index contributed by atoms with van der Waals surface area (Å²) < 4.78 is 0. The van der Waals surface area contributed by atoms with Crippen molar-refractivity contribution < 1.29 is 14.7 Å². The van der Waals surface area contributed by atoms with E-state index in [0.717, 1.165) is 5.75 Å². The lowest BCUT2D eigenvalue weighted by molar-refractivity contribution is 0.0698. The number of rotatable bonds is 6. The van der Waals surface area contributed by atoms with E-state index in [-0.39, 0.29) is 11.3 Å². The van der Waals surface area contributed by atoms with Crippen molar-refractivity contribution in [2.45, 2.75) is 6.92 Å². The minimum absolute atomic E-state index is 0.0372. The lowest BCUT2D eigenvalue weighted by atomic mass is 10.2. The fourth-order valence-electron chi connectivity index (χ4n) is 1.58. The maximum atomic E-state index is 11.7. The molecule has 2 amide bonds. The molecule has 20 heavy (non-hydrogen) atoms. The van der Waals surface area contributed by atoms with Crippen molar-refractivity contribution in [2.75, 3.05) is 23.9 Å². The molecule has 1 atom stereocenters. The molecule has 3 N–H and O–H groups in total. The monoisotopic (exact) mass is 316 g/mol. The molecule has 110 valence electrons. The van der Waals surface area contributed by atoms with E-state index in [2.05, 4.69) is 10.6 Å². The molecule has 0 aliphatic rings. The van der Waals surface area contributed by atoms with Crippen LogP contribution >= 0.6 is 23.4 Å². The highest BCUT2D eigenvalue weighted by atomic mass is 35.5. The third-order valence-electron chi connectivity index (χ3n) is 2.52. The standard InChI is InChI=1S/C13H17ClN2O3S/c1-8(7-20-2)6-15-13(19)16-11-4-3-9(14)5-10(11)12(17)18/h3-5,8H,6-7H2,1-2H3,(H,17,18)(H2,15,16,19). The van der Waals surface area contributed by atoms with Gasteiger partial charge in [0.25, 0.3) is 0 Å². The minimum Gasteiger partial charge on any atom is -0.478 e. The Morgan fingerprint density at radius 3 is 2.75 bits per heavy atom. The number of carboxylic acid groups (broad SMARTS) is 1. The van der Waals surface area contributed by atoms with Gasteiger partial charge in [-0.15, -0.1) is 0 Å². The SMILES string of the molecule is CSCC(C)CNC(=O)Nc1ccc(Cl)cc1C(=O)O. The van der Waals surface area contributed by atoms with Crippen LogP contribution in [0.4, 0.5) is 10.5 Å². The Labute approximate surface area is 127 Å². The number of nitrogens with one attached hydrogen (secondary N) is 2. The van der Waals surface area contributed by atoms with E-state index < -0.39 is 12.0 Å². The minimum atomic E-state index is -1.14. The van der Waals surface area contributed by atoms with Crippen molar-refractivity contribution >= 4 is 41.1 Å². The summed E-state index contributed by atoms with van der Waals surface area (Å²) in [6, 6.07) is 3.87. The predicted molar refractivity (Wildman–Crippen MR) is 83.0 cm³/mol. The number of anilines is 1. The average Bonchev–Trinajstić information content (AvgIpc) is 2.38. The molecule has 1 rings (SSSR count). The van der Waals surface area contributed by atoms with Gasteiger partial charge < -0.3 is 15.7 Å². The van der Waals surface area contributed by atoms with Gasteiger partial charge in [0, 0.05) is 11.6 Å². The van der Waals surface area contributed by atoms with Crippen LogP contribution < -0.4 is 10.6 Å². The van der Waals surface area contributed by atoms with Gasteiger partial charge in [0.1, 0.15) is 0 Å². The second-order valence-corrected chi connectivity index (χ2v) is 5.74. The number of benzene rings is 1. The quantitative estimate of drug-likeness (QED) is 0.753. The molecule has 0 bridgehead atoms. The van der Waals surface area contributed by atoms with Gasteiger partial charge in [-0.25, -0.2) is 9.59 Å². The number of hydrogen-bond acceptors (Lipinski definition) is 3. The highest BCUT2D eigenvalue weighted by molar-refractivity contribution is 7.98. The molecular weight excluding hydrogens is 300 g/mol. The van der Waals surface area contributed by atoms with Crippen molar-refractivity contribution in [1.82, 2.24) is 5.32 Å². The number of aromatic carboxylic acids is 1. The van der Waals surface area contributed by atoms with Gasteiger partial charge in [-0.1, -0.05) is 18.5 Å². The summed E-state index contributed by atoms with van der Waals surface area (Å²) in [5, 5.41) is 14.6. The molecule has 0 radical (unpaired) electrons. The summed E-state index contributed by atoms with van der Waals surface area (Å²) in [6.07, 6.45) is 2.00. The molecule has 0 aliphatic carbocycles. The second-order valence-electron chi connectivity index (χ2n) is 4.39. The van der Waals surface area contributed by atoms with E-state index in [4.69, 9.17) is 16.7 Å². The van der Waals surface area contributed by atoms with Crippen molar-refractivity contribution in [3.8, 4) is 0 Å². The van der Waals surface area contributed by atoms with Crippen molar-refractivity contribution in [3.05, 3.63) is 28.8 Å². The van der Waals surface area contributed by atoms with Crippen molar-refractivity contribution in [3.63, 3.8) is 0 Å². The van der Waals surface area contributed by atoms with Crippen LogP contribution in [0, 0.1) is 5.92 Å². The Morgan fingerprint density at radius 2 is 2.15 bits per heavy atom. The van der Waals surface area contributed by atoms with Gasteiger partial charge >= 0.3 is 12.0 Å². The Hall–Kier alpha value is -1.40. The zero-order valence-corrected chi connectivity index (χ0v) is 12.8. The largest absolute Gasteiger partial charge is 0.478 e. The Kier molecular flexibility index (Phi) is 6.67. The Morgan fingerprint density at radius 1 is 1.45 bits per heavy atom. The lowest BCUT2D eigenvalue weighted by Gasteiger charge is -2.13. The number of carboxylic acids is 1. The van der Waals surface area contributed by atoms with E-state index >= 15 is 0 Å². The van der Waals surface area contributed by atoms with Gasteiger partial charge in [0.2, 0.25) is 0 Å². The third-order valence-corrected chi connectivity index (χ3v) is 3.66. The highest BCUT2D eigenvalue weighted by Crippen LogP contribution is 2.20. The van der Waals surface area contributed by atoms with Gasteiger partial charge in [0.05, 0.1) is 11.3 Å². The molecule has 0 saturated heterocycles. The number of urea groups is 1. The van der Waals surface area contributed by atoms with Gasteiger partial charge in [-0.2, -0.15) is 11.8 Å². The maximum Gasteiger partial charge on any atom is 0.337 e. The molecule has 1 unspecified atom stereocenters. The van der Waals surface area contributed by atoms with E-state index in [1.54, 1.807) is 11.8 Å². The average molecular weight is 317 g/mol. The highest BCUT2D eigenvalue weighted by Gasteiger charge is 2.13. The fraction of sp³-hybridized carbons (Fsp3) is 0.385. The van der Waals surface area contributed by atoms with E-state index in [1.165, 1.54) is 18.2 Å². The lowest BCUT2D eigenvalue weighted by Crippen LogP contribution is -2.33. The van der Waals surface area contributed by atoms with Crippen LogP contribution in [0.5, 0.6) is 0 Å². The van der Waals surface area contributed by atoms with Crippen LogP contribution in [-0.2, 0) is 0 Å². The number of thioether (sulfide) groups is 1. The summed E-state index contributed by atoms with van der Waals surface area (Å²) in [7, 11) is 0. The fourth-order valence-corrected chi connectivity index (χ4v) is 2.44. The first-order valence-electron chi connectivity index (χ1n) is 6.00. The molecule has 0 fully saturated rings. The molecule has 0 spiro atoms. The molecule has 0 aromatic heterocycles. The van der Waals surface area contributed by atoms with Gasteiger partial charge in [-0.3, -0.25) is 0 Å². The van der Waals surface area contributed by atoms with Crippen molar-refractivity contribution in [1.29, 1.82) is 0 Å². The molecule has 1 aromatic rings. The first-order chi connectivity index (χ1) is 9.43. The molecule has 0 saturated carbocycles. The number of halogens is 1. The van der Waals surface area contributed by atoms with Crippen LogP contribution in [0.15, 0.2) is 18.2 Å². The Balaban J connectivity index is 2.64. The van der Waals surface area contributed by atoms with E-state index in [9.17, 15) is 9.59 Å². The van der Waals surface area contributed by atoms with Gasteiger partial charge in [-0.05, 0) is 36.1 Å². The van der Waals surface area contributed by atoms with E-state index in [1.807, 2.05) is 13.2 Å². The van der Waals surface area contributed by atoms with Crippen molar-refractivity contribution in [2.24, 2.45) is 5.92 Å².